The number of nitrogens with one attached hydrogen (secondary N) is 1. The first-order chi connectivity index (χ1) is 8.77. The van der Waals surface area contributed by atoms with Gasteiger partial charge in [-0.25, -0.2) is 4.79 Å². The van der Waals surface area contributed by atoms with Crippen LogP contribution >= 0.6 is 0 Å². The highest BCUT2D eigenvalue weighted by molar-refractivity contribution is 5.88. The largest absolute Gasteiger partial charge is 0.466 e. The molecule has 0 aromatic carbocycles. The van der Waals surface area contributed by atoms with E-state index in [1.54, 1.807) is 0 Å². The molecule has 0 aromatic heterocycles. The minimum atomic E-state index is -0.213. The molecule has 0 aromatic rings. The summed E-state index contributed by atoms with van der Waals surface area (Å²) in [6, 6.07) is 0. The lowest BCUT2D eigenvalue weighted by atomic mass is 10.1. The molecule has 4 nitrogen and oxygen atoms in total. The van der Waals surface area contributed by atoms with Gasteiger partial charge in [-0.1, -0.05) is 19.4 Å². The van der Waals surface area contributed by atoms with Crippen molar-refractivity contribution in [3.05, 3.63) is 11.6 Å². The van der Waals surface area contributed by atoms with Gasteiger partial charge in [-0.15, -0.1) is 0 Å². The Hall–Kier alpha value is -0.870. The Balaban J connectivity index is 2.12. The van der Waals surface area contributed by atoms with Gasteiger partial charge in [0.2, 0.25) is 0 Å². The average Bonchev–Trinajstić information content (AvgIpc) is 2.43. The first-order valence-electron chi connectivity index (χ1n) is 6.98. The summed E-state index contributed by atoms with van der Waals surface area (Å²) in [6.45, 7) is 7.27. The molecular formula is C14H26N2O2. The van der Waals surface area contributed by atoms with Gasteiger partial charge in [-0.2, -0.15) is 0 Å². The molecule has 1 saturated heterocycles. The van der Waals surface area contributed by atoms with Crippen molar-refractivity contribution in [2.45, 2.75) is 32.6 Å². The second-order valence-electron chi connectivity index (χ2n) is 4.68. The van der Waals surface area contributed by atoms with Gasteiger partial charge in [0, 0.05) is 25.2 Å². The third kappa shape index (κ3) is 5.65. The lowest BCUT2D eigenvalue weighted by molar-refractivity contribution is -0.136. The molecule has 0 atom stereocenters. The van der Waals surface area contributed by atoms with Gasteiger partial charge in [0.05, 0.1) is 7.11 Å². The molecule has 0 saturated carbocycles. The number of rotatable bonds is 7. The number of hydrogen-bond donors (Lipinski definition) is 1. The average molecular weight is 254 g/mol. The van der Waals surface area contributed by atoms with Crippen LogP contribution in [-0.4, -0.2) is 50.7 Å². The fourth-order valence-electron chi connectivity index (χ4n) is 2.22. The number of ether oxygens (including phenoxy) is 1. The van der Waals surface area contributed by atoms with Gasteiger partial charge in [0.1, 0.15) is 0 Å². The van der Waals surface area contributed by atoms with Gasteiger partial charge < -0.3 is 15.0 Å². The molecule has 0 bridgehead atoms. The SMILES string of the molecule is CCC(=CCNCCN1CCCCC1)C(=O)OC. The summed E-state index contributed by atoms with van der Waals surface area (Å²) in [7, 11) is 1.43. The summed E-state index contributed by atoms with van der Waals surface area (Å²) in [5.74, 6) is -0.213. The third-order valence-electron chi connectivity index (χ3n) is 3.37. The van der Waals surface area contributed by atoms with Crippen LogP contribution in [0.15, 0.2) is 11.6 Å². The summed E-state index contributed by atoms with van der Waals surface area (Å²) >= 11 is 0. The zero-order chi connectivity index (χ0) is 13.2. The third-order valence-corrected chi connectivity index (χ3v) is 3.37. The molecule has 18 heavy (non-hydrogen) atoms. The highest BCUT2D eigenvalue weighted by Gasteiger charge is 2.09. The minimum Gasteiger partial charge on any atom is -0.466 e. The Bertz CT molecular complexity index is 271. The Morgan fingerprint density at radius 2 is 2.06 bits per heavy atom. The van der Waals surface area contributed by atoms with Crippen molar-refractivity contribution in [2.24, 2.45) is 0 Å². The lowest BCUT2D eigenvalue weighted by Gasteiger charge is -2.26. The van der Waals surface area contributed by atoms with E-state index in [1.807, 2.05) is 13.0 Å². The predicted octanol–water partition coefficient (Wildman–Crippen LogP) is 1.57. The monoisotopic (exact) mass is 254 g/mol. The molecule has 0 aliphatic carbocycles. The first kappa shape index (κ1) is 15.2. The van der Waals surface area contributed by atoms with Gasteiger partial charge in [-0.05, 0) is 32.4 Å². The van der Waals surface area contributed by atoms with Crippen molar-refractivity contribution in [1.82, 2.24) is 10.2 Å². The first-order valence-corrected chi connectivity index (χ1v) is 6.98. The normalized spacial score (nSPS) is 17.8. The second-order valence-corrected chi connectivity index (χ2v) is 4.68. The summed E-state index contributed by atoms with van der Waals surface area (Å²) in [6.07, 6.45) is 6.71. The number of nitrogens with zero attached hydrogens (tertiary/aromatic N) is 1. The quantitative estimate of drug-likeness (QED) is 0.425. The van der Waals surface area contributed by atoms with Crippen LogP contribution in [0.25, 0.3) is 0 Å². The standard InChI is InChI=1S/C14H26N2O2/c1-3-13(14(17)18-2)7-8-15-9-12-16-10-5-4-6-11-16/h7,15H,3-6,8-12H2,1-2H3. The van der Waals surface area contributed by atoms with Crippen LogP contribution < -0.4 is 5.32 Å². The van der Waals surface area contributed by atoms with Gasteiger partial charge >= 0.3 is 5.97 Å². The zero-order valence-electron chi connectivity index (χ0n) is 11.7. The van der Waals surface area contributed by atoms with E-state index >= 15 is 0 Å². The van der Waals surface area contributed by atoms with Crippen molar-refractivity contribution in [3.63, 3.8) is 0 Å². The topological polar surface area (TPSA) is 41.6 Å². The summed E-state index contributed by atoms with van der Waals surface area (Å²) in [5, 5.41) is 3.35. The molecule has 1 heterocycles. The van der Waals surface area contributed by atoms with Crippen LogP contribution in [0.5, 0.6) is 0 Å². The van der Waals surface area contributed by atoms with Gasteiger partial charge in [0.25, 0.3) is 0 Å². The van der Waals surface area contributed by atoms with Crippen LogP contribution in [0, 0.1) is 0 Å². The Kier molecular flexibility index (Phi) is 7.69. The van der Waals surface area contributed by atoms with Crippen LogP contribution in [0.4, 0.5) is 0 Å². The van der Waals surface area contributed by atoms with Gasteiger partial charge in [0.15, 0.2) is 0 Å². The molecule has 1 rings (SSSR count). The molecule has 1 fully saturated rings. The smallest absolute Gasteiger partial charge is 0.333 e. The van der Waals surface area contributed by atoms with E-state index in [9.17, 15) is 4.79 Å². The lowest BCUT2D eigenvalue weighted by Crippen LogP contribution is -2.35. The highest BCUT2D eigenvalue weighted by Crippen LogP contribution is 2.07. The molecular weight excluding hydrogens is 228 g/mol. The Morgan fingerprint density at radius 1 is 1.33 bits per heavy atom. The van der Waals surface area contributed by atoms with E-state index < -0.39 is 0 Å². The fourth-order valence-corrected chi connectivity index (χ4v) is 2.22. The van der Waals surface area contributed by atoms with E-state index in [0.29, 0.717) is 0 Å². The highest BCUT2D eigenvalue weighted by atomic mass is 16.5. The van der Waals surface area contributed by atoms with Crippen molar-refractivity contribution < 1.29 is 9.53 Å². The number of piperidine rings is 1. The van der Waals surface area contributed by atoms with Crippen molar-refractivity contribution in [2.75, 3.05) is 39.8 Å². The van der Waals surface area contributed by atoms with Crippen molar-refractivity contribution in [3.8, 4) is 0 Å². The van der Waals surface area contributed by atoms with E-state index in [-0.39, 0.29) is 5.97 Å². The molecule has 1 aliphatic rings. The summed E-state index contributed by atoms with van der Waals surface area (Å²) in [4.78, 5) is 13.8. The van der Waals surface area contributed by atoms with Crippen molar-refractivity contribution >= 4 is 5.97 Å². The van der Waals surface area contributed by atoms with Crippen molar-refractivity contribution in [1.29, 1.82) is 0 Å². The maximum atomic E-state index is 11.3. The minimum absolute atomic E-state index is 0.213. The molecule has 1 N–H and O–H groups in total. The van der Waals surface area contributed by atoms with Crippen LogP contribution in [0.2, 0.25) is 0 Å². The number of likely N-dealkylation sites (tertiary alicyclic amines) is 1. The molecule has 0 radical (unpaired) electrons. The molecule has 1 aliphatic heterocycles. The Morgan fingerprint density at radius 3 is 2.67 bits per heavy atom. The second kappa shape index (κ2) is 9.11. The number of methoxy groups -OCH3 is 1. The maximum Gasteiger partial charge on any atom is 0.333 e. The molecule has 0 amide bonds. The van der Waals surface area contributed by atoms with Crippen LogP contribution in [0.3, 0.4) is 0 Å². The molecule has 0 unspecified atom stereocenters. The molecule has 104 valence electrons. The fraction of sp³-hybridized carbons (Fsp3) is 0.786. The van der Waals surface area contributed by atoms with E-state index in [4.69, 9.17) is 4.74 Å². The summed E-state index contributed by atoms with van der Waals surface area (Å²) < 4.78 is 4.71. The van der Waals surface area contributed by atoms with Crippen LogP contribution in [-0.2, 0) is 9.53 Å². The van der Waals surface area contributed by atoms with Crippen LogP contribution in [0.1, 0.15) is 32.6 Å². The Labute approximate surface area is 110 Å². The number of carbonyl (C=O) groups is 1. The van der Waals surface area contributed by atoms with E-state index in [2.05, 4.69) is 10.2 Å². The summed E-state index contributed by atoms with van der Waals surface area (Å²) in [5.41, 5.74) is 0.753. The van der Waals surface area contributed by atoms with Gasteiger partial charge in [-0.3, -0.25) is 0 Å². The maximum absolute atomic E-state index is 11.3. The zero-order valence-corrected chi connectivity index (χ0v) is 11.7. The molecule has 0 spiro atoms. The van der Waals surface area contributed by atoms with E-state index in [0.717, 1.165) is 31.6 Å². The number of esters is 1. The molecule has 4 heteroatoms. The number of carbonyl (C=O) groups excluding carboxylic acids is 1. The van der Waals surface area contributed by atoms with E-state index in [1.165, 1.54) is 39.5 Å². The predicted molar refractivity (Wildman–Crippen MR) is 73.6 cm³/mol. The number of hydrogen-bond acceptors (Lipinski definition) is 4.